The second-order valence-electron chi connectivity index (χ2n) is 7.86. The lowest BCUT2D eigenvalue weighted by molar-refractivity contribution is -0.133. The summed E-state index contributed by atoms with van der Waals surface area (Å²) in [7, 11) is 1.67. The lowest BCUT2D eigenvalue weighted by Crippen LogP contribution is -2.41. The maximum atomic E-state index is 13.3. The van der Waals surface area contributed by atoms with Gasteiger partial charge >= 0.3 is 0 Å². The van der Waals surface area contributed by atoms with E-state index in [2.05, 4.69) is 17.0 Å². The summed E-state index contributed by atoms with van der Waals surface area (Å²) in [6.07, 6.45) is 2.70. The van der Waals surface area contributed by atoms with E-state index in [1.54, 1.807) is 19.2 Å². The van der Waals surface area contributed by atoms with Gasteiger partial charge in [-0.1, -0.05) is 24.3 Å². The number of rotatable bonds is 5. The fourth-order valence-corrected chi connectivity index (χ4v) is 4.14. The number of halogens is 1. The molecule has 0 spiro atoms. The van der Waals surface area contributed by atoms with Crippen molar-refractivity contribution >= 4 is 5.91 Å². The van der Waals surface area contributed by atoms with Crippen LogP contribution in [0.25, 0.3) is 0 Å². The molecule has 2 aromatic carbocycles. The van der Waals surface area contributed by atoms with Gasteiger partial charge in [-0.25, -0.2) is 4.39 Å². The Balaban J connectivity index is 1.38. The SMILES string of the molecule is COc1ccc(CN2CCCN(C(=O)C3(c4ccc(F)cc4)CC3)CC2)cc1. The van der Waals surface area contributed by atoms with Gasteiger partial charge in [0.2, 0.25) is 5.91 Å². The summed E-state index contributed by atoms with van der Waals surface area (Å²) in [5.74, 6) is 0.827. The van der Waals surface area contributed by atoms with Gasteiger partial charge in [-0.05, 0) is 54.7 Å². The van der Waals surface area contributed by atoms with Crippen molar-refractivity contribution in [3.8, 4) is 5.75 Å². The molecule has 2 aromatic rings. The molecule has 28 heavy (non-hydrogen) atoms. The van der Waals surface area contributed by atoms with Crippen LogP contribution in [-0.4, -0.2) is 49.0 Å². The maximum absolute atomic E-state index is 13.3. The lowest BCUT2D eigenvalue weighted by atomic mass is 9.94. The van der Waals surface area contributed by atoms with Gasteiger partial charge in [0.05, 0.1) is 12.5 Å². The molecule has 2 fully saturated rings. The van der Waals surface area contributed by atoms with Crippen molar-refractivity contribution in [2.24, 2.45) is 0 Å². The molecule has 4 nitrogen and oxygen atoms in total. The van der Waals surface area contributed by atoms with Crippen LogP contribution in [0.1, 0.15) is 30.4 Å². The molecule has 1 saturated carbocycles. The standard InChI is InChI=1S/C23H27FN2O2/c1-28-21-9-3-18(4-10-21)17-25-13-2-14-26(16-15-25)22(27)23(11-12-23)19-5-7-20(24)8-6-19/h3-10H,2,11-17H2,1H3. The van der Waals surface area contributed by atoms with Crippen molar-refractivity contribution in [3.05, 3.63) is 65.5 Å². The fourth-order valence-electron chi connectivity index (χ4n) is 4.14. The molecule has 0 bridgehead atoms. The quantitative estimate of drug-likeness (QED) is 0.792. The molecular formula is C23H27FN2O2. The molecule has 1 heterocycles. The van der Waals surface area contributed by atoms with E-state index in [1.807, 2.05) is 17.0 Å². The Morgan fingerprint density at radius 2 is 1.71 bits per heavy atom. The number of hydrogen-bond donors (Lipinski definition) is 0. The molecule has 2 aliphatic rings. The van der Waals surface area contributed by atoms with Gasteiger partial charge in [-0.3, -0.25) is 9.69 Å². The van der Waals surface area contributed by atoms with E-state index in [0.29, 0.717) is 0 Å². The predicted octanol–water partition coefficient (Wildman–Crippen LogP) is 3.60. The summed E-state index contributed by atoms with van der Waals surface area (Å²) < 4.78 is 18.5. The highest BCUT2D eigenvalue weighted by Gasteiger charge is 2.52. The molecule has 1 saturated heterocycles. The summed E-state index contributed by atoms with van der Waals surface area (Å²) in [6.45, 7) is 4.28. The molecule has 0 N–H and O–H groups in total. The molecule has 0 aromatic heterocycles. The summed E-state index contributed by atoms with van der Waals surface area (Å²) >= 11 is 0. The third-order valence-electron chi connectivity index (χ3n) is 6.00. The highest BCUT2D eigenvalue weighted by atomic mass is 19.1. The van der Waals surface area contributed by atoms with E-state index in [0.717, 1.165) is 63.3 Å². The first-order valence-electron chi connectivity index (χ1n) is 10.0. The highest BCUT2D eigenvalue weighted by molar-refractivity contribution is 5.91. The average Bonchev–Trinajstić information content (AvgIpc) is 3.54. The number of amides is 1. The maximum Gasteiger partial charge on any atom is 0.233 e. The third kappa shape index (κ3) is 3.90. The van der Waals surface area contributed by atoms with Gasteiger partial charge in [-0.15, -0.1) is 0 Å². The first-order valence-corrected chi connectivity index (χ1v) is 10.0. The van der Waals surface area contributed by atoms with E-state index >= 15 is 0 Å². The molecule has 5 heteroatoms. The van der Waals surface area contributed by atoms with Crippen molar-refractivity contribution in [1.29, 1.82) is 0 Å². The Morgan fingerprint density at radius 3 is 2.36 bits per heavy atom. The number of carbonyl (C=O) groups is 1. The van der Waals surface area contributed by atoms with Crippen LogP contribution in [0, 0.1) is 5.82 Å². The van der Waals surface area contributed by atoms with Crippen molar-refractivity contribution in [1.82, 2.24) is 9.80 Å². The van der Waals surface area contributed by atoms with Crippen molar-refractivity contribution < 1.29 is 13.9 Å². The smallest absolute Gasteiger partial charge is 0.233 e. The second-order valence-corrected chi connectivity index (χ2v) is 7.86. The number of ether oxygens (including phenoxy) is 1. The first kappa shape index (κ1) is 18.9. The van der Waals surface area contributed by atoms with Crippen molar-refractivity contribution in [2.45, 2.75) is 31.2 Å². The molecule has 0 radical (unpaired) electrons. The van der Waals surface area contributed by atoms with Crippen LogP contribution >= 0.6 is 0 Å². The summed E-state index contributed by atoms with van der Waals surface area (Å²) in [6, 6.07) is 14.6. The van der Waals surface area contributed by atoms with E-state index in [1.165, 1.54) is 17.7 Å². The molecule has 0 unspecified atom stereocenters. The minimum Gasteiger partial charge on any atom is -0.497 e. The second kappa shape index (κ2) is 7.92. The zero-order chi connectivity index (χ0) is 19.6. The fraction of sp³-hybridized carbons (Fsp3) is 0.435. The lowest BCUT2D eigenvalue weighted by Gasteiger charge is -2.27. The monoisotopic (exact) mass is 382 g/mol. The zero-order valence-corrected chi connectivity index (χ0v) is 16.4. The first-order chi connectivity index (χ1) is 13.6. The van der Waals surface area contributed by atoms with Crippen molar-refractivity contribution in [3.63, 3.8) is 0 Å². The van der Waals surface area contributed by atoms with Crippen LogP contribution in [0.2, 0.25) is 0 Å². The molecule has 1 aliphatic carbocycles. The van der Waals surface area contributed by atoms with Crippen LogP contribution < -0.4 is 4.74 Å². The van der Waals surface area contributed by atoms with Gasteiger partial charge in [0.1, 0.15) is 11.6 Å². The average molecular weight is 382 g/mol. The topological polar surface area (TPSA) is 32.8 Å². The Labute approximate surface area is 165 Å². The minimum absolute atomic E-state index is 0.213. The van der Waals surface area contributed by atoms with Crippen LogP contribution in [0.4, 0.5) is 4.39 Å². The van der Waals surface area contributed by atoms with Crippen LogP contribution in [-0.2, 0) is 16.8 Å². The van der Waals surface area contributed by atoms with Gasteiger partial charge < -0.3 is 9.64 Å². The predicted molar refractivity (Wildman–Crippen MR) is 107 cm³/mol. The van der Waals surface area contributed by atoms with Crippen LogP contribution in [0.5, 0.6) is 5.75 Å². The largest absolute Gasteiger partial charge is 0.497 e. The van der Waals surface area contributed by atoms with E-state index in [9.17, 15) is 9.18 Å². The van der Waals surface area contributed by atoms with Crippen LogP contribution in [0.3, 0.4) is 0 Å². The number of hydrogen-bond acceptors (Lipinski definition) is 3. The Kier molecular flexibility index (Phi) is 5.36. The molecule has 148 valence electrons. The number of methoxy groups -OCH3 is 1. The molecule has 1 amide bonds. The Morgan fingerprint density at radius 1 is 1.00 bits per heavy atom. The van der Waals surface area contributed by atoms with Gasteiger partial charge in [-0.2, -0.15) is 0 Å². The summed E-state index contributed by atoms with van der Waals surface area (Å²) in [5, 5.41) is 0. The normalized spacial score (nSPS) is 19.1. The van der Waals surface area contributed by atoms with Gasteiger partial charge in [0, 0.05) is 32.7 Å². The summed E-state index contributed by atoms with van der Waals surface area (Å²) in [5.41, 5.74) is 1.79. The number of benzene rings is 2. The number of carbonyl (C=O) groups excluding carboxylic acids is 1. The van der Waals surface area contributed by atoms with Gasteiger partial charge in [0.15, 0.2) is 0 Å². The summed E-state index contributed by atoms with van der Waals surface area (Å²) in [4.78, 5) is 17.7. The molecule has 0 atom stereocenters. The Hall–Kier alpha value is -2.40. The third-order valence-corrected chi connectivity index (χ3v) is 6.00. The zero-order valence-electron chi connectivity index (χ0n) is 16.4. The molecular weight excluding hydrogens is 355 g/mol. The minimum atomic E-state index is -0.418. The van der Waals surface area contributed by atoms with E-state index in [-0.39, 0.29) is 11.7 Å². The molecule has 1 aliphatic heterocycles. The highest BCUT2D eigenvalue weighted by Crippen LogP contribution is 2.49. The molecule has 4 rings (SSSR count). The van der Waals surface area contributed by atoms with Crippen molar-refractivity contribution in [2.75, 3.05) is 33.3 Å². The number of nitrogens with zero attached hydrogens (tertiary/aromatic N) is 2. The Bertz CT molecular complexity index is 816. The van der Waals surface area contributed by atoms with E-state index in [4.69, 9.17) is 4.74 Å². The van der Waals surface area contributed by atoms with Crippen LogP contribution in [0.15, 0.2) is 48.5 Å². The van der Waals surface area contributed by atoms with E-state index < -0.39 is 5.41 Å². The van der Waals surface area contributed by atoms with Gasteiger partial charge in [0.25, 0.3) is 0 Å².